The predicted molar refractivity (Wildman–Crippen MR) is 114 cm³/mol. The van der Waals surface area contributed by atoms with Crippen molar-refractivity contribution in [2.24, 2.45) is 5.73 Å². The number of carbonyl (C=O) groups excluding carboxylic acids is 2. The number of carbonyl (C=O) groups is 2. The predicted octanol–water partition coefficient (Wildman–Crippen LogP) is 2.70. The second-order valence-corrected chi connectivity index (χ2v) is 7.31. The molecule has 0 aliphatic carbocycles. The Hall–Kier alpha value is -3.57. The molecule has 30 heavy (non-hydrogen) atoms. The molecular formula is C22H20N4O3S. The van der Waals surface area contributed by atoms with Crippen molar-refractivity contribution >= 4 is 29.3 Å². The maximum atomic E-state index is 13.0. The molecule has 2 aromatic rings. The molecule has 1 aliphatic heterocycles. The summed E-state index contributed by atoms with van der Waals surface area (Å²) in [5.74, 6) is -1.74. The number of amides is 1. The number of hydrogen-bond acceptors (Lipinski definition) is 7. The summed E-state index contributed by atoms with van der Waals surface area (Å²) in [6.45, 7) is 1.92. The van der Waals surface area contributed by atoms with Gasteiger partial charge >= 0.3 is 5.97 Å². The van der Waals surface area contributed by atoms with E-state index in [1.54, 1.807) is 31.5 Å². The first-order valence-electron chi connectivity index (χ1n) is 9.25. The highest BCUT2D eigenvalue weighted by Gasteiger charge is 2.37. The number of nitriles is 1. The van der Waals surface area contributed by atoms with E-state index in [1.165, 1.54) is 0 Å². The summed E-state index contributed by atoms with van der Waals surface area (Å²) in [4.78, 5) is 28.6. The fourth-order valence-corrected chi connectivity index (χ4v) is 3.96. The van der Waals surface area contributed by atoms with E-state index in [4.69, 9.17) is 10.5 Å². The highest BCUT2D eigenvalue weighted by molar-refractivity contribution is 8.03. The first kappa shape index (κ1) is 21.1. The number of ether oxygens (including phenoxy) is 1. The van der Waals surface area contributed by atoms with Crippen LogP contribution in [0.4, 0.5) is 0 Å². The van der Waals surface area contributed by atoms with Gasteiger partial charge in [0.1, 0.15) is 0 Å². The van der Waals surface area contributed by atoms with Gasteiger partial charge in [-0.2, -0.15) is 5.26 Å². The quantitative estimate of drug-likeness (QED) is 0.661. The summed E-state index contributed by atoms with van der Waals surface area (Å²) < 4.78 is 5.34. The van der Waals surface area contributed by atoms with Gasteiger partial charge in [-0.15, -0.1) is 0 Å². The molecule has 1 aromatic carbocycles. The number of dihydropyridines is 1. The van der Waals surface area contributed by atoms with Crippen molar-refractivity contribution in [2.75, 3.05) is 12.4 Å². The summed E-state index contributed by atoms with van der Waals surface area (Å²) in [6, 6.07) is 15.0. The molecule has 0 spiro atoms. The number of thioether (sulfide) groups is 1. The Kier molecular flexibility index (Phi) is 6.88. The number of rotatable bonds is 7. The van der Waals surface area contributed by atoms with Gasteiger partial charge in [-0.25, -0.2) is 4.79 Å². The van der Waals surface area contributed by atoms with Gasteiger partial charge < -0.3 is 15.8 Å². The molecule has 3 rings (SSSR count). The van der Waals surface area contributed by atoms with E-state index in [0.29, 0.717) is 27.4 Å². The molecule has 0 saturated heterocycles. The van der Waals surface area contributed by atoms with Crippen molar-refractivity contribution in [1.29, 1.82) is 5.26 Å². The smallest absolute Gasteiger partial charge is 0.337 e. The van der Waals surface area contributed by atoms with Crippen LogP contribution in [0.25, 0.3) is 5.70 Å². The number of benzene rings is 1. The molecule has 0 saturated carbocycles. The van der Waals surface area contributed by atoms with Crippen LogP contribution in [-0.2, 0) is 14.3 Å². The molecule has 1 amide bonds. The van der Waals surface area contributed by atoms with Crippen molar-refractivity contribution in [3.05, 3.63) is 82.2 Å². The normalized spacial score (nSPS) is 15.9. The van der Waals surface area contributed by atoms with Crippen LogP contribution in [0.1, 0.15) is 24.0 Å². The van der Waals surface area contributed by atoms with Crippen molar-refractivity contribution in [3.63, 3.8) is 0 Å². The van der Waals surface area contributed by atoms with Gasteiger partial charge in [-0.1, -0.05) is 48.2 Å². The average molecular weight is 420 g/mol. The van der Waals surface area contributed by atoms with Gasteiger partial charge in [-0.3, -0.25) is 9.78 Å². The van der Waals surface area contributed by atoms with Crippen LogP contribution in [0.5, 0.6) is 0 Å². The number of hydrogen-bond donors (Lipinski definition) is 2. The van der Waals surface area contributed by atoms with Crippen LogP contribution in [0.15, 0.2) is 71.0 Å². The second kappa shape index (κ2) is 9.76. The highest BCUT2D eigenvalue weighted by Crippen LogP contribution is 2.43. The maximum Gasteiger partial charge on any atom is 0.337 e. The van der Waals surface area contributed by atoms with Crippen molar-refractivity contribution in [1.82, 2.24) is 10.3 Å². The molecule has 0 fully saturated rings. The molecule has 0 unspecified atom stereocenters. The van der Waals surface area contributed by atoms with E-state index >= 15 is 0 Å². The fourth-order valence-electron chi connectivity index (χ4n) is 3.18. The van der Waals surface area contributed by atoms with E-state index in [0.717, 1.165) is 17.3 Å². The monoisotopic (exact) mass is 420 g/mol. The summed E-state index contributed by atoms with van der Waals surface area (Å²) in [7, 11) is 0. The summed E-state index contributed by atoms with van der Waals surface area (Å²) in [5.41, 5.74) is 7.88. The molecular weight excluding hydrogens is 400 g/mol. The Morgan fingerprint density at radius 1 is 1.27 bits per heavy atom. The minimum atomic E-state index is -0.699. The number of nitrogens with zero attached hydrogens (tertiary/aromatic N) is 2. The Balaban J connectivity index is 2.25. The number of primary amides is 1. The highest BCUT2D eigenvalue weighted by atomic mass is 32.2. The van der Waals surface area contributed by atoms with E-state index in [-0.39, 0.29) is 12.4 Å². The van der Waals surface area contributed by atoms with Crippen LogP contribution >= 0.6 is 11.8 Å². The molecule has 1 aliphatic rings. The Labute approximate surface area is 178 Å². The Morgan fingerprint density at radius 3 is 2.63 bits per heavy atom. The lowest BCUT2D eigenvalue weighted by atomic mass is 9.82. The van der Waals surface area contributed by atoms with E-state index in [9.17, 15) is 14.9 Å². The number of nitrogens with one attached hydrogen (secondary N) is 1. The van der Waals surface area contributed by atoms with Crippen LogP contribution < -0.4 is 11.1 Å². The number of esters is 1. The Bertz CT molecular complexity index is 1040. The lowest BCUT2D eigenvalue weighted by Crippen LogP contribution is -2.30. The zero-order valence-electron chi connectivity index (χ0n) is 16.3. The number of allylic oxidation sites excluding steroid dienone is 1. The summed E-state index contributed by atoms with van der Waals surface area (Å²) in [5, 5.41) is 13.6. The van der Waals surface area contributed by atoms with Gasteiger partial charge in [0, 0.05) is 12.4 Å². The molecule has 7 nitrogen and oxygen atoms in total. The fraction of sp³-hybridized carbons (Fsp3) is 0.182. The lowest BCUT2D eigenvalue weighted by Gasteiger charge is -2.30. The van der Waals surface area contributed by atoms with Gasteiger partial charge in [0.15, 0.2) is 0 Å². The van der Waals surface area contributed by atoms with Crippen LogP contribution in [0, 0.1) is 11.3 Å². The van der Waals surface area contributed by atoms with Crippen molar-refractivity contribution in [3.8, 4) is 6.07 Å². The largest absolute Gasteiger partial charge is 0.463 e. The zero-order chi connectivity index (χ0) is 21.5. The minimum absolute atomic E-state index is 0.00984. The van der Waals surface area contributed by atoms with Crippen molar-refractivity contribution in [2.45, 2.75) is 12.8 Å². The molecule has 0 radical (unpaired) electrons. The average Bonchev–Trinajstić information content (AvgIpc) is 2.77. The van der Waals surface area contributed by atoms with E-state index in [1.807, 2.05) is 30.3 Å². The first-order valence-corrected chi connectivity index (χ1v) is 10.2. The molecule has 1 atom stereocenters. The summed E-state index contributed by atoms with van der Waals surface area (Å²) in [6.07, 6.45) is 3.24. The molecule has 2 heterocycles. The third-order valence-corrected chi connectivity index (χ3v) is 5.42. The maximum absolute atomic E-state index is 13.0. The van der Waals surface area contributed by atoms with Crippen LogP contribution in [0.2, 0.25) is 0 Å². The van der Waals surface area contributed by atoms with Gasteiger partial charge in [0.2, 0.25) is 5.91 Å². The SMILES string of the molecule is CCOC(=O)C1=C(c2ccccc2)NC(SCC(N)=O)=C(C#N)[C@@H]1c1cccnc1. The van der Waals surface area contributed by atoms with Crippen LogP contribution in [0.3, 0.4) is 0 Å². The molecule has 1 aromatic heterocycles. The number of aromatic nitrogens is 1. The van der Waals surface area contributed by atoms with Gasteiger partial charge in [0.05, 0.1) is 46.2 Å². The minimum Gasteiger partial charge on any atom is -0.463 e. The summed E-state index contributed by atoms with van der Waals surface area (Å²) >= 11 is 1.13. The van der Waals surface area contributed by atoms with E-state index < -0.39 is 17.8 Å². The van der Waals surface area contributed by atoms with Gasteiger partial charge in [0.25, 0.3) is 0 Å². The molecule has 8 heteroatoms. The standard InChI is InChI=1S/C22H20N4O3S/c1-2-29-22(28)19-18(15-9-6-10-25-12-15)16(11-23)21(30-13-17(24)27)26-20(19)14-7-4-3-5-8-14/h3-10,12,18,26H,2,13H2,1H3,(H2,24,27)/t18-/m0/s1. The molecule has 3 N–H and O–H groups in total. The van der Waals surface area contributed by atoms with E-state index in [2.05, 4.69) is 16.4 Å². The van der Waals surface area contributed by atoms with Crippen LogP contribution in [-0.4, -0.2) is 29.2 Å². The van der Waals surface area contributed by atoms with Crippen molar-refractivity contribution < 1.29 is 14.3 Å². The third-order valence-electron chi connectivity index (χ3n) is 4.38. The molecule has 152 valence electrons. The third kappa shape index (κ3) is 4.53. The first-order chi connectivity index (χ1) is 14.6. The zero-order valence-corrected chi connectivity index (χ0v) is 17.1. The topological polar surface area (TPSA) is 118 Å². The second-order valence-electron chi connectivity index (χ2n) is 6.33. The number of pyridine rings is 1. The molecule has 0 bridgehead atoms. The van der Waals surface area contributed by atoms with Gasteiger partial charge in [-0.05, 0) is 24.1 Å². The Morgan fingerprint density at radius 2 is 2.03 bits per heavy atom. The lowest BCUT2D eigenvalue weighted by molar-refractivity contribution is -0.138. The number of nitrogens with two attached hydrogens (primary N) is 1.